The largest absolute Gasteiger partial charge is 0.445 e. The average molecular weight is 330 g/mol. The van der Waals surface area contributed by atoms with E-state index in [-0.39, 0.29) is 18.1 Å². The molecule has 3 nitrogen and oxygen atoms in total. The minimum atomic E-state index is -1.38. The van der Waals surface area contributed by atoms with Crippen molar-refractivity contribution >= 4 is 14.2 Å². The van der Waals surface area contributed by atoms with E-state index in [0.29, 0.717) is 6.61 Å². The number of benzene rings is 1. The number of rotatable bonds is 3. The third kappa shape index (κ3) is 6.50. The van der Waals surface area contributed by atoms with Gasteiger partial charge in [-0.2, -0.15) is 0 Å². The van der Waals surface area contributed by atoms with Crippen molar-refractivity contribution in [1.82, 2.24) is 5.32 Å². The zero-order valence-corrected chi connectivity index (χ0v) is 15.4. The number of alkyl carbamates (subject to hydrolysis) is 1. The van der Waals surface area contributed by atoms with E-state index in [9.17, 15) is 4.79 Å². The van der Waals surface area contributed by atoms with E-state index in [4.69, 9.17) is 4.74 Å². The molecule has 2 atom stereocenters. The minimum absolute atomic E-state index is 0.121. The highest BCUT2D eigenvalue weighted by molar-refractivity contribution is 6.83. The monoisotopic (exact) mass is 329 g/mol. The summed E-state index contributed by atoms with van der Waals surface area (Å²) in [5.74, 6) is 3.70. The Morgan fingerprint density at radius 2 is 1.91 bits per heavy atom. The molecule has 0 saturated heterocycles. The third-order valence-corrected chi connectivity index (χ3v) is 4.81. The molecule has 23 heavy (non-hydrogen) atoms. The maximum atomic E-state index is 12.1. The Hall–Kier alpha value is -1.73. The molecule has 4 heteroatoms. The van der Waals surface area contributed by atoms with Gasteiger partial charge in [-0.25, -0.2) is 4.79 Å². The van der Waals surface area contributed by atoms with Crippen LogP contribution in [0, 0.1) is 17.4 Å². The van der Waals surface area contributed by atoms with Crippen LogP contribution in [0.5, 0.6) is 0 Å². The van der Waals surface area contributed by atoms with Gasteiger partial charge in [0.15, 0.2) is 0 Å². The fourth-order valence-corrected chi connectivity index (χ4v) is 3.32. The van der Waals surface area contributed by atoms with Crippen LogP contribution in [-0.4, -0.2) is 20.2 Å². The second-order valence-corrected chi connectivity index (χ2v) is 12.0. The van der Waals surface area contributed by atoms with Crippen molar-refractivity contribution in [2.24, 2.45) is 5.92 Å². The topological polar surface area (TPSA) is 38.3 Å². The molecule has 1 aliphatic rings. The van der Waals surface area contributed by atoms with Crippen molar-refractivity contribution in [3.8, 4) is 11.5 Å². The lowest BCUT2D eigenvalue weighted by molar-refractivity contribution is 0.130. The zero-order valence-electron chi connectivity index (χ0n) is 14.4. The first-order valence-corrected chi connectivity index (χ1v) is 11.9. The molecule has 1 fully saturated rings. The Morgan fingerprint density at radius 3 is 2.61 bits per heavy atom. The van der Waals surface area contributed by atoms with E-state index in [1.54, 1.807) is 0 Å². The van der Waals surface area contributed by atoms with Gasteiger partial charge in [-0.15, -0.1) is 11.5 Å². The smallest absolute Gasteiger partial charge is 0.407 e. The van der Waals surface area contributed by atoms with E-state index in [2.05, 4.69) is 36.4 Å². The van der Waals surface area contributed by atoms with E-state index in [1.165, 1.54) is 6.42 Å². The first-order valence-electron chi connectivity index (χ1n) is 8.44. The zero-order chi connectivity index (χ0) is 16.7. The molecule has 0 unspecified atom stereocenters. The highest BCUT2D eigenvalue weighted by Crippen LogP contribution is 2.24. The normalized spacial score (nSPS) is 21.0. The van der Waals surface area contributed by atoms with Crippen LogP contribution in [0.3, 0.4) is 0 Å². The number of hydrogen-bond donors (Lipinski definition) is 1. The van der Waals surface area contributed by atoms with Crippen LogP contribution in [0.2, 0.25) is 19.6 Å². The average Bonchev–Trinajstić information content (AvgIpc) is 2.52. The van der Waals surface area contributed by atoms with Gasteiger partial charge in [0.05, 0.1) is 0 Å². The van der Waals surface area contributed by atoms with Crippen molar-refractivity contribution in [3.63, 3.8) is 0 Å². The van der Waals surface area contributed by atoms with E-state index >= 15 is 0 Å². The molecule has 1 aromatic carbocycles. The van der Waals surface area contributed by atoms with E-state index in [1.807, 2.05) is 30.3 Å². The van der Waals surface area contributed by atoms with Crippen molar-refractivity contribution in [2.45, 2.75) is 58.0 Å². The summed E-state index contributed by atoms with van der Waals surface area (Å²) in [5, 5.41) is 3.03. The number of ether oxygens (including phenoxy) is 1. The summed E-state index contributed by atoms with van der Waals surface area (Å²) >= 11 is 0. The number of amides is 1. The van der Waals surface area contributed by atoms with Gasteiger partial charge < -0.3 is 10.1 Å². The maximum Gasteiger partial charge on any atom is 0.407 e. The van der Waals surface area contributed by atoms with Crippen LogP contribution >= 0.6 is 0 Å². The number of carbonyl (C=O) groups excluding carboxylic acids is 1. The summed E-state index contributed by atoms with van der Waals surface area (Å²) in [6, 6.07) is 9.87. The van der Waals surface area contributed by atoms with Crippen LogP contribution in [0.4, 0.5) is 4.79 Å². The molecule has 0 aliphatic heterocycles. The highest BCUT2D eigenvalue weighted by atomic mass is 28.3. The van der Waals surface area contributed by atoms with Gasteiger partial charge in [-0.3, -0.25) is 0 Å². The molecular formula is C19H27NO2Si. The third-order valence-electron chi connectivity index (χ3n) is 3.91. The molecule has 1 saturated carbocycles. The molecule has 1 amide bonds. The molecule has 124 valence electrons. The maximum absolute atomic E-state index is 12.1. The quantitative estimate of drug-likeness (QED) is 0.661. The number of nitrogens with one attached hydrogen (secondary N) is 1. The van der Waals surface area contributed by atoms with Crippen molar-refractivity contribution in [1.29, 1.82) is 0 Å². The molecule has 1 aromatic rings. The van der Waals surface area contributed by atoms with Crippen LogP contribution in [-0.2, 0) is 11.3 Å². The van der Waals surface area contributed by atoms with Gasteiger partial charge in [0, 0.05) is 12.0 Å². The van der Waals surface area contributed by atoms with Crippen LogP contribution < -0.4 is 5.32 Å². The predicted molar refractivity (Wildman–Crippen MR) is 96.6 cm³/mol. The number of carbonyl (C=O) groups is 1. The van der Waals surface area contributed by atoms with Gasteiger partial charge in [0.2, 0.25) is 0 Å². The SMILES string of the molecule is C[Si](C)(C)C#C[C@H]1CCCC[C@H]1NC(=O)OCc1ccccc1. The lowest BCUT2D eigenvalue weighted by atomic mass is 9.85. The second kappa shape index (κ2) is 8.21. The van der Waals surface area contributed by atoms with Crippen LogP contribution in [0.1, 0.15) is 31.2 Å². The molecule has 0 radical (unpaired) electrons. The molecule has 1 aliphatic carbocycles. The summed E-state index contributed by atoms with van der Waals surface area (Å²) in [6.45, 7) is 7.06. The molecule has 0 spiro atoms. The first-order chi connectivity index (χ1) is 10.9. The number of hydrogen-bond acceptors (Lipinski definition) is 2. The van der Waals surface area contributed by atoms with Crippen molar-refractivity contribution in [2.75, 3.05) is 0 Å². The lowest BCUT2D eigenvalue weighted by Gasteiger charge is -2.28. The molecule has 0 bridgehead atoms. The summed E-state index contributed by atoms with van der Waals surface area (Å²) in [6.07, 6.45) is 4.07. The lowest BCUT2D eigenvalue weighted by Crippen LogP contribution is -2.42. The molecule has 2 rings (SSSR count). The Balaban J connectivity index is 1.88. The van der Waals surface area contributed by atoms with Gasteiger partial charge in [0.1, 0.15) is 14.7 Å². The van der Waals surface area contributed by atoms with Crippen LogP contribution in [0.15, 0.2) is 30.3 Å². The van der Waals surface area contributed by atoms with Gasteiger partial charge >= 0.3 is 6.09 Å². The van der Waals surface area contributed by atoms with Gasteiger partial charge in [-0.05, 0) is 18.4 Å². The Bertz CT molecular complexity index is 569. The highest BCUT2D eigenvalue weighted by Gasteiger charge is 2.26. The molecular weight excluding hydrogens is 302 g/mol. The fourth-order valence-electron chi connectivity index (χ4n) is 2.70. The fraction of sp³-hybridized carbons (Fsp3) is 0.526. The first kappa shape index (κ1) is 17.6. The summed E-state index contributed by atoms with van der Waals surface area (Å²) in [5.41, 5.74) is 4.45. The van der Waals surface area contributed by atoms with Crippen LogP contribution in [0.25, 0.3) is 0 Å². The summed E-state index contributed by atoms with van der Waals surface area (Å²) in [4.78, 5) is 12.1. The van der Waals surface area contributed by atoms with E-state index < -0.39 is 8.07 Å². The molecule has 1 N–H and O–H groups in total. The predicted octanol–water partition coefficient (Wildman–Crippen LogP) is 4.35. The summed E-state index contributed by atoms with van der Waals surface area (Å²) in [7, 11) is -1.38. The van der Waals surface area contributed by atoms with Crippen molar-refractivity contribution < 1.29 is 9.53 Å². The van der Waals surface area contributed by atoms with E-state index in [0.717, 1.165) is 24.8 Å². The van der Waals surface area contributed by atoms with Gasteiger partial charge in [0.25, 0.3) is 0 Å². The Morgan fingerprint density at radius 1 is 1.22 bits per heavy atom. The Kier molecular flexibility index (Phi) is 6.29. The standard InChI is InChI=1S/C19H27NO2Si/c1-23(2,3)14-13-17-11-7-8-12-18(17)20-19(21)22-15-16-9-5-4-6-10-16/h4-6,9-10,17-18H,7-8,11-12,15H2,1-3H3,(H,20,21)/t17-,18-/m1/s1. The van der Waals surface area contributed by atoms with Gasteiger partial charge in [-0.1, -0.05) is 62.8 Å². The second-order valence-electron chi connectivity index (χ2n) is 7.22. The molecule has 0 heterocycles. The van der Waals surface area contributed by atoms with Crippen molar-refractivity contribution in [3.05, 3.63) is 35.9 Å². The summed E-state index contributed by atoms with van der Waals surface area (Å²) < 4.78 is 5.34. The molecule has 0 aromatic heterocycles. The minimum Gasteiger partial charge on any atom is -0.445 e. The Labute approximate surface area is 140 Å².